The van der Waals surface area contributed by atoms with E-state index in [-0.39, 0.29) is 6.61 Å². The van der Waals surface area contributed by atoms with Crippen molar-refractivity contribution in [3.05, 3.63) is 41.5 Å². The summed E-state index contributed by atoms with van der Waals surface area (Å²) in [6.07, 6.45) is 3.76. The third-order valence-electron chi connectivity index (χ3n) is 3.12. The molecule has 0 radical (unpaired) electrons. The Hall–Kier alpha value is -1.23. The van der Waals surface area contributed by atoms with Crippen LogP contribution in [0.1, 0.15) is 24.8 Å². The Balaban J connectivity index is 1.94. The van der Waals surface area contributed by atoms with Crippen molar-refractivity contribution < 1.29 is 5.11 Å². The first-order valence-corrected chi connectivity index (χ1v) is 7.49. The molecule has 0 bridgehead atoms. The molecule has 1 aromatic carbocycles. The van der Waals surface area contributed by atoms with Crippen LogP contribution < -0.4 is 5.32 Å². The van der Waals surface area contributed by atoms with Crippen LogP contribution in [0.2, 0.25) is 0 Å². The normalized spacial score (nSPS) is 12.5. The second-order valence-electron chi connectivity index (χ2n) is 4.48. The van der Waals surface area contributed by atoms with Gasteiger partial charge in [0.15, 0.2) is 0 Å². The molecule has 1 heterocycles. The van der Waals surface area contributed by atoms with Crippen LogP contribution in [0.25, 0.3) is 10.4 Å². The lowest BCUT2D eigenvalue weighted by molar-refractivity contribution is 0.262. The predicted octanol–water partition coefficient (Wildman–Crippen LogP) is 3.06. The lowest BCUT2D eigenvalue weighted by Crippen LogP contribution is -2.28. The van der Waals surface area contributed by atoms with Gasteiger partial charge < -0.3 is 10.4 Å². The van der Waals surface area contributed by atoms with Gasteiger partial charge in [-0.15, -0.1) is 11.3 Å². The quantitative estimate of drug-likeness (QED) is 0.817. The maximum absolute atomic E-state index is 8.96. The van der Waals surface area contributed by atoms with Gasteiger partial charge >= 0.3 is 0 Å². The Bertz CT molecular complexity index is 484. The average molecular weight is 276 g/mol. The summed E-state index contributed by atoms with van der Waals surface area (Å²) < 4.78 is 0. The van der Waals surface area contributed by atoms with Crippen molar-refractivity contribution in [2.45, 2.75) is 32.4 Å². The third-order valence-corrected chi connectivity index (χ3v) is 4.17. The standard InChI is InChI=1S/C15H20N2OS/c1-2-13(8-9-18)16-11-15-17-10-14(19-15)12-6-4-3-5-7-12/h3-7,10,13,16,18H,2,8-9,11H2,1H3. The van der Waals surface area contributed by atoms with E-state index in [9.17, 15) is 0 Å². The number of aliphatic hydroxyl groups excluding tert-OH is 1. The van der Waals surface area contributed by atoms with Crippen LogP contribution in [-0.4, -0.2) is 22.7 Å². The summed E-state index contributed by atoms with van der Waals surface area (Å²) in [5.74, 6) is 0. The summed E-state index contributed by atoms with van der Waals surface area (Å²) in [4.78, 5) is 5.65. The van der Waals surface area contributed by atoms with E-state index in [1.54, 1.807) is 11.3 Å². The Labute approximate surface area is 118 Å². The molecule has 0 saturated heterocycles. The molecule has 1 unspecified atom stereocenters. The fourth-order valence-electron chi connectivity index (χ4n) is 1.97. The van der Waals surface area contributed by atoms with Crippen LogP contribution in [0, 0.1) is 0 Å². The largest absolute Gasteiger partial charge is 0.396 e. The lowest BCUT2D eigenvalue weighted by Gasteiger charge is -2.14. The molecule has 0 aliphatic rings. The SMILES string of the molecule is CCC(CCO)NCc1ncc(-c2ccccc2)s1. The van der Waals surface area contributed by atoms with Crippen LogP contribution in [0.5, 0.6) is 0 Å². The third kappa shape index (κ3) is 4.13. The Morgan fingerprint density at radius 3 is 2.79 bits per heavy atom. The molecule has 3 nitrogen and oxygen atoms in total. The number of hydrogen-bond acceptors (Lipinski definition) is 4. The first kappa shape index (κ1) is 14.2. The van der Waals surface area contributed by atoms with E-state index in [0.29, 0.717) is 6.04 Å². The van der Waals surface area contributed by atoms with Crippen molar-refractivity contribution in [2.75, 3.05) is 6.61 Å². The van der Waals surface area contributed by atoms with Crippen molar-refractivity contribution in [3.8, 4) is 10.4 Å². The van der Waals surface area contributed by atoms with Crippen LogP contribution in [0.4, 0.5) is 0 Å². The van der Waals surface area contributed by atoms with Crippen LogP contribution >= 0.6 is 11.3 Å². The first-order chi connectivity index (χ1) is 9.33. The zero-order chi connectivity index (χ0) is 13.5. The Morgan fingerprint density at radius 1 is 1.32 bits per heavy atom. The van der Waals surface area contributed by atoms with E-state index in [4.69, 9.17) is 5.11 Å². The van der Waals surface area contributed by atoms with E-state index < -0.39 is 0 Å². The average Bonchev–Trinajstić information content (AvgIpc) is 2.93. The van der Waals surface area contributed by atoms with Gasteiger partial charge in [-0.1, -0.05) is 37.3 Å². The first-order valence-electron chi connectivity index (χ1n) is 6.68. The van der Waals surface area contributed by atoms with E-state index in [1.807, 2.05) is 24.4 Å². The van der Waals surface area contributed by atoms with Gasteiger partial charge in [-0.2, -0.15) is 0 Å². The molecule has 0 saturated carbocycles. The summed E-state index contributed by atoms with van der Waals surface area (Å²) in [6, 6.07) is 10.7. The number of nitrogens with zero attached hydrogens (tertiary/aromatic N) is 1. The van der Waals surface area contributed by atoms with Gasteiger partial charge in [-0.3, -0.25) is 0 Å². The minimum atomic E-state index is 0.235. The van der Waals surface area contributed by atoms with Crippen LogP contribution in [0.15, 0.2) is 36.5 Å². The van der Waals surface area contributed by atoms with Gasteiger partial charge in [0, 0.05) is 25.4 Å². The van der Waals surface area contributed by atoms with Crippen molar-refractivity contribution >= 4 is 11.3 Å². The van der Waals surface area contributed by atoms with E-state index >= 15 is 0 Å². The van der Waals surface area contributed by atoms with Gasteiger partial charge in [-0.25, -0.2) is 4.98 Å². The fourth-order valence-corrected chi connectivity index (χ4v) is 2.84. The number of rotatable bonds is 7. The van der Waals surface area contributed by atoms with Crippen molar-refractivity contribution in [2.24, 2.45) is 0 Å². The summed E-state index contributed by atoms with van der Waals surface area (Å²) in [5.41, 5.74) is 1.22. The molecule has 0 amide bonds. The Kier molecular flexibility index (Phi) is 5.51. The summed E-state index contributed by atoms with van der Waals surface area (Å²) >= 11 is 1.72. The molecule has 0 aliphatic carbocycles. The summed E-state index contributed by atoms with van der Waals surface area (Å²) in [7, 11) is 0. The van der Waals surface area contributed by atoms with E-state index in [1.165, 1.54) is 10.4 Å². The summed E-state index contributed by atoms with van der Waals surface area (Å²) in [6.45, 7) is 3.14. The van der Waals surface area contributed by atoms with Gasteiger partial charge in [0.25, 0.3) is 0 Å². The smallest absolute Gasteiger partial charge is 0.107 e. The molecule has 0 spiro atoms. The highest BCUT2D eigenvalue weighted by molar-refractivity contribution is 7.15. The van der Waals surface area contributed by atoms with Gasteiger partial charge in [0.05, 0.1) is 4.88 Å². The van der Waals surface area contributed by atoms with Gasteiger partial charge in [-0.05, 0) is 18.4 Å². The zero-order valence-corrected chi connectivity index (χ0v) is 12.0. The molecule has 1 aromatic heterocycles. The minimum absolute atomic E-state index is 0.235. The lowest BCUT2D eigenvalue weighted by atomic mass is 10.1. The monoisotopic (exact) mass is 276 g/mol. The molecule has 4 heteroatoms. The maximum atomic E-state index is 8.96. The van der Waals surface area contributed by atoms with Crippen LogP contribution in [0.3, 0.4) is 0 Å². The number of aliphatic hydroxyl groups is 1. The second kappa shape index (κ2) is 7.38. The molecular weight excluding hydrogens is 256 g/mol. The molecular formula is C15H20N2OS. The molecule has 102 valence electrons. The molecule has 0 aliphatic heterocycles. The zero-order valence-electron chi connectivity index (χ0n) is 11.2. The molecule has 0 fully saturated rings. The highest BCUT2D eigenvalue weighted by Gasteiger charge is 2.07. The van der Waals surface area contributed by atoms with E-state index in [2.05, 4.69) is 29.4 Å². The Morgan fingerprint density at radius 2 is 2.11 bits per heavy atom. The van der Waals surface area contributed by atoms with Crippen LogP contribution in [-0.2, 0) is 6.54 Å². The van der Waals surface area contributed by atoms with Gasteiger partial charge in [0.2, 0.25) is 0 Å². The summed E-state index contributed by atoms with van der Waals surface area (Å²) in [5, 5.41) is 13.5. The molecule has 2 aromatic rings. The molecule has 2 rings (SSSR count). The minimum Gasteiger partial charge on any atom is -0.396 e. The predicted molar refractivity (Wildman–Crippen MR) is 80.2 cm³/mol. The molecule has 1 atom stereocenters. The second-order valence-corrected chi connectivity index (χ2v) is 5.60. The van der Waals surface area contributed by atoms with Crippen molar-refractivity contribution in [3.63, 3.8) is 0 Å². The number of hydrogen-bond donors (Lipinski definition) is 2. The van der Waals surface area contributed by atoms with Crippen molar-refractivity contribution in [1.29, 1.82) is 0 Å². The number of benzene rings is 1. The molecule has 19 heavy (non-hydrogen) atoms. The topological polar surface area (TPSA) is 45.1 Å². The number of thiazole rings is 1. The number of aromatic nitrogens is 1. The maximum Gasteiger partial charge on any atom is 0.107 e. The highest BCUT2D eigenvalue weighted by atomic mass is 32.1. The van der Waals surface area contributed by atoms with Crippen molar-refractivity contribution in [1.82, 2.24) is 10.3 Å². The highest BCUT2D eigenvalue weighted by Crippen LogP contribution is 2.25. The van der Waals surface area contributed by atoms with E-state index in [0.717, 1.165) is 24.4 Å². The fraction of sp³-hybridized carbons (Fsp3) is 0.400. The van der Waals surface area contributed by atoms with Gasteiger partial charge in [0.1, 0.15) is 5.01 Å². The molecule has 2 N–H and O–H groups in total. The number of nitrogens with one attached hydrogen (secondary N) is 1.